The molecule has 0 saturated carbocycles. The van der Waals surface area contributed by atoms with Crippen molar-refractivity contribution >= 4 is 0 Å². The molecule has 0 bridgehead atoms. The van der Waals surface area contributed by atoms with Crippen molar-refractivity contribution in [2.24, 2.45) is 0 Å². The second-order valence-corrected chi connectivity index (χ2v) is 6.66. The molecule has 1 aromatic heterocycles. The van der Waals surface area contributed by atoms with E-state index in [2.05, 4.69) is 39.6 Å². The van der Waals surface area contributed by atoms with Gasteiger partial charge in [0.05, 0.1) is 13.2 Å². The topological polar surface area (TPSA) is 44.4 Å². The Morgan fingerprint density at radius 2 is 2.09 bits per heavy atom. The number of morpholine rings is 1. The van der Waals surface area contributed by atoms with Gasteiger partial charge in [0.1, 0.15) is 11.8 Å². The quantitative estimate of drug-likeness (QED) is 0.834. The SMILES string of the molecule is CCn1cc(CN2CCCCC2CN2CCOCC2)cc1C#N. The van der Waals surface area contributed by atoms with E-state index in [0.717, 1.165) is 51.6 Å². The molecule has 3 heterocycles. The molecule has 5 heteroatoms. The second kappa shape index (κ2) is 7.96. The number of hydrogen-bond acceptors (Lipinski definition) is 4. The Hall–Kier alpha value is -1.35. The summed E-state index contributed by atoms with van der Waals surface area (Å²) in [6.07, 6.45) is 6.07. The van der Waals surface area contributed by atoms with Crippen molar-refractivity contribution in [2.45, 2.75) is 45.3 Å². The predicted octanol–water partition coefficient (Wildman–Crippen LogP) is 2.07. The molecule has 1 atom stereocenters. The normalized spacial score (nSPS) is 23.7. The van der Waals surface area contributed by atoms with E-state index in [0.29, 0.717) is 6.04 Å². The van der Waals surface area contributed by atoms with Gasteiger partial charge in [0.2, 0.25) is 0 Å². The number of aryl methyl sites for hydroxylation is 1. The van der Waals surface area contributed by atoms with Crippen LogP contribution in [0.15, 0.2) is 12.3 Å². The van der Waals surface area contributed by atoms with Crippen LogP contribution < -0.4 is 0 Å². The number of hydrogen-bond donors (Lipinski definition) is 0. The molecule has 2 aliphatic rings. The molecule has 3 rings (SSSR count). The third-order valence-electron chi connectivity index (χ3n) is 5.12. The van der Waals surface area contributed by atoms with E-state index in [-0.39, 0.29) is 0 Å². The van der Waals surface area contributed by atoms with E-state index < -0.39 is 0 Å². The molecule has 0 amide bonds. The molecule has 2 fully saturated rings. The highest BCUT2D eigenvalue weighted by Crippen LogP contribution is 2.22. The molecule has 2 saturated heterocycles. The summed E-state index contributed by atoms with van der Waals surface area (Å²) >= 11 is 0. The summed E-state index contributed by atoms with van der Waals surface area (Å²) in [7, 11) is 0. The molecule has 0 radical (unpaired) electrons. The first-order valence-corrected chi connectivity index (χ1v) is 8.93. The minimum Gasteiger partial charge on any atom is -0.379 e. The van der Waals surface area contributed by atoms with E-state index in [9.17, 15) is 5.26 Å². The van der Waals surface area contributed by atoms with E-state index >= 15 is 0 Å². The highest BCUT2D eigenvalue weighted by atomic mass is 16.5. The van der Waals surface area contributed by atoms with Crippen LogP contribution in [0.4, 0.5) is 0 Å². The van der Waals surface area contributed by atoms with Gasteiger partial charge in [-0.3, -0.25) is 9.80 Å². The maximum Gasteiger partial charge on any atom is 0.120 e. The molecule has 2 aliphatic heterocycles. The molecule has 126 valence electrons. The summed E-state index contributed by atoms with van der Waals surface area (Å²) in [5, 5.41) is 9.23. The number of rotatable bonds is 5. The van der Waals surface area contributed by atoms with Crippen molar-refractivity contribution in [1.29, 1.82) is 5.26 Å². The summed E-state index contributed by atoms with van der Waals surface area (Å²) in [5.74, 6) is 0. The fourth-order valence-electron chi connectivity index (χ4n) is 3.80. The lowest BCUT2D eigenvalue weighted by molar-refractivity contribution is 0.0153. The number of ether oxygens (including phenoxy) is 1. The zero-order valence-corrected chi connectivity index (χ0v) is 14.2. The Morgan fingerprint density at radius 3 is 2.78 bits per heavy atom. The smallest absolute Gasteiger partial charge is 0.120 e. The molecule has 1 unspecified atom stereocenters. The van der Waals surface area contributed by atoms with Crippen molar-refractivity contribution in [1.82, 2.24) is 14.4 Å². The van der Waals surface area contributed by atoms with Crippen LogP contribution in [-0.2, 0) is 17.8 Å². The lowest BCUT2D eigenvalue weighted by atomic mass is 10.0. The molecule has 1 aromatic rings. The van der Waals surface area contributed by atoms with Gasteiger partial charge in [-0.2, -0.15) is 5.26 Å². The van der Waals surface area contributed by atoms with Gasteiger partial charge in [0, 0.05) is 45.0 Å². The van der Waals surface area contributed by atoms with Crippen LogP contribution in [0.5, 0.6) is 0 Å². The number of likely N-dealkylation sites (tertiary alicyclic amines) is 1. The standard InChI is InChI=1S/C18H28N4O/c1-2-21-13-16(11-18(21)12-19)14-22-6-4-3-5-17(22)15-20-7-9-23-10-8-20/h11,13,17H,2-10,14-15H2,1H3. The molecule has 0 N–H and O–H groups in total. The largest absolute Gasteiger partial charge is 0.379 e. The summed E-state index contributed by atoms with van der Waals surface area (Å²) in [6.45, 7) is 10.1. The van der Waals surface area contributed by atoms with Gasteiger partial charge in [-0.05, 0) is 37.9 Å². The highest BCUT2D eigenvalue weighted by Gasteiger charge is 2.25. The zero-order chi connectivity index (χ0) is 16.1. The lowest BCUT2D eigenvalue weighted by Crippen LogP contribution is -2.49. The maximum absolute atomic E-state index is 9.23. The van der Waals surface area contributed by atoms with Crippen LogP contribution in [-0.4, -0.2) is 59.8 Å². The van der Waals surface area contributed by atoms with E-state index in [1.165, 1.54) is 31.4 Å². The first-order chi connectivity index (χ1) is 11.3. The number of nitrogens with zero attached hydrogens (tertiary/aromatic N) is 4. The number of nitriles is 1. The van der Waals surface area contributed by atoms with Gasteiger partial charge in [-0.1, -0.05) is 6.42 Å². The maximum atomic E-state index is 9.23. The van der Waals surface area contributed by atoms with Crippen LogP contribution in [0.3, 0.4) is 0 Å². The van der Waals surface area contributed by atoms with E-state index in [1.807, 2.05) is 0 Å². The Bertz CT molecular complexity index is 542. The van der Waals surface area contributed by atoms with Gasteiger partial charge in [0.25, 0.3) is 0 Å². The summed E-state index contributed by atoms with van der Waals surface area (Å²) in [5.41, 5.74) is 2.06. The van der Waals surface area contributed by atoms with E-state index in [1.54, 1.807) is 0 Å². The molecule has 5 nitrogen and oxygen atoms in total. The van der Waals surface area contributed by atoms with Crippen molar-refractivity contribution in [3.8, 4) is 6.07 Å². The first-order valence-electron chi connectivity index (χ1n) is 8.93. The minimum atomic E-state index is 0.636. The summed E-state index contributed by atoms with van der Waals surface area (Å²) < 4.78 is 7.52. The molecule has 23 heavy (non-hydrogen) atoms. The van der Waals surface area contributed by atoms with Crippen LogP contribution in [0.1, 0.15) is 37.4 Å². The molecule has 0 aromatic carbocycles. The van der Waals surface area contributed by atoms with Crippen LogP contribution in [0.2, 0.25) is 0 Å². The zero-order valence-electron chi connectivity index (χ0n) is 14.2. The van der Waals surface area contributed by atoms with Crippen LogP contribution in [0.25, 0.3) is 0 Å². The average molecular weight is 316 g/mol. The first kappa shape index (κ1) is 16.5. The van der Waals surface area contributed by atoms with Gasteiger partial charge >= 0.3 is 0 Å². The van der Waals surface area contributed by atoms with Gasteiger partial charge in [-0.15, -0.1) is 0 Å². The van der Waals surface area contributed by atoms with Gasteiger partial charge in [0.15, 0.2) is 0 Å². The third-order valence-corrected chi connectivity index (χ3v) is 5.12. The van der Waals surface area contributed by atoms with Crippen molar-refractivity contribution in [2.75, 3.05) is 39.4 Å². The van der Waals surface area contributed by atoms with Crippen molar-refractivity contribution in [3.63, 3.8) is 0 Å². The highest BCUT2D eigenvalue weighted by molar-refractivity contribution is 5.28. The Morgan fingerprint density at radius 1 is 1.26 bits per heavy atom. The lowest BCUT2D eigenvalue weighted by Gasteiger charge is -2.39. The predicted molar refractivity (Wildman–Crippen MR) is 90.1 cm³/mol. The Balaban J connectivity index is 1.64. The monoisotopic (exact) mass is 316 g/mol. The van der Waals surface area contributed by atoms with Crippen molar-refractivity contribution in [3.05, 3.63) is 23.5 Å². The number of piperidine rings is 1. The fourth-order valence-corrected chi connectivity index (χ4v) is 3.80. The van der Waals surface area contributed by atoms with E-state index in [4.69, 9.17) is 4.74 Å². The minimum absolute atomic E-state index is 0.636. The Labute approximate surface area is 139 Å². The number of aromatic nitrogens is 1. The average Bonchev–Trinajstić information content (AvgIpc) is 2.99. The molecule has 0 aliphatic carbocycles. The molecular weight excluding hydrogens is 288 g/mol. The van der Waals surface area contributed by atoms with Crippen LogP contribution in [0, 0.1) is 11.3 Å². The molecular formula is C18H28N4O. The summed E-state index contributed by atoms with van der Waals surface area (Å²) in [4.78, 5) is 5.17. The second-order valence-electron chi connectivity index (χ2n) is 6.66. The fraction of sp³-hybridized carbons (Fsp3) is 0.722. The summed E-state index contributed by atoms with van der Waals surface area (Å²) in [6, 6.07) is 5.00. The van der Waals surface area contributed by atoms with Gasteiger partial charge in [-0.25, -0.2) is 0 Å². The third kappa shape index (κ3) is 4.14. The van der Waals surface area contributed by atoms with Crippen molar-refractivity contribution < 1.29 is 4.74 Å². The Kier molecular flexibility index (Phi) is 5.71. The van der Waals surface area contributed by atoms with Gasteiger partial charge < -0.3 is 9.30 Å². The van der Waals surface area contributed by atoms with Crippen LogP contribution >= 0.6 is 0 Å². The molecule has 0 spiro atoms.